The molecule has 4 rings (SSSR count). The first kappa shape index (κ1) is 22.2. The van der Waals surface area contributed by atoms with Gasteiger partial charge in [-0.25, -0.2) is 0 Å². The third kappa shape index (κ3) is 4.46. The third-order valence-electron chi connectivity index (χ3n) is 5.84. The average Bonchev–Trinajstić information content (AvgIpc) is 2.99. The van der Waals surface area contributed by atoms with Gasteiger partial charge in [-0.05, 0) is 60.4 Å². The van der Waals surface area contributed by atoms with Crippen molar-refractivity contribution in [2.45, 2.75) is 30.0 Å². The summed E-state index contributed by atoms with van der Waals surface area (Å²) in [4.78, 5) is 3.66. The largest absolute Gasteiger partial charge is 0.502 e. The predicted octanol–water partition coefficient (Wildman–Crippen LogP) is 5.97. The molecule has 0 saturated carbocycles. The van der Waals surface area contributed by atoms with Crippen LogP contribution in [-0.4, -0.2) is 33.0 Å². The van der Waals surface area contributed by atoms with E-state index in [0.717, 1.165) is 29.8 Å². The number of phenols is 1. The summed E-state index contributed by atoms with van der Waals surface area (Å²) < 4.78 is 16.2. The topological polar surface area (TPSA) is 51.2 Å². The summed E-state index contributed by atoms with van der Waals surface area (Å²) in [5, 5.41) is 10.6. The summed E-state index contributed by atoms with van der Waals surface area (Å²) in [5.41, 5.74) is 4.72. The van der Waals surface area contributed by atoms with E-state index in [2.05, 4.69) is 54.3 Å². The minimum absolute atomic E-state index is 0.0283. The zero-order chi connectivity index (χ0) is 22.7. The van der Waals surface area contributed by atoms with Crippen LogP contribution >= 0.6 is 11.8 Å². The maximum Gasteiger partial charge on any atom is 0.200 e. The molecule has 3 aromatic carbocycles. The minimum atomic E-state index is 0.0283. The number of aromatic hydroxyl groups is 1. The normalized spacial score (nSPS) is 15.6. The number of benzene rings is 3. The molecule has 0 fully saturated rings. The molecule has 3 aromatic rings. The van der Waals surface area contributed by atoms with E-state index in [1.54, 1.807) is 21.3 Å². The SMILES string of the molecule is COc1ccc(C2CCN(Cc3cc(OC)c(O)c(OC)c3)c3ccccc3S2)cc1C. The van der Waals surface area contributed by atoms with E-state index in [4.69, 9.17) is 14.2 Å². The second-order valence-electron chi connectivity index (χ2n) is 7.86. The number of thioether (sulfide) groups is 1. The highest BCUT2D eigenvalue weighted by atomic mass is 32.2. The molecular formula is C26H29NO4S. The van der Waals surface area contributed by atoms with Crippen LogP contribution in [-0.2, 0) is 6.54 Å². The van der Waals surface area contributed by atoms with Crippen LogP contribution < -0.4 is 19.1 Å². The molecule has 6 heteroatoms. The van der Waals surface area contributed by atoms with E-state index in [1.165, 1.54) is 16.1 Å². The maximum absolute atomic E-state index is 10.3. The summed E-state index contributed by atoms with van der Waals surface area (Å²) in [6, 6.07) is 18.8. The molecule has 1 heterocycles. The van der Waals surface area contributed by atoms with Gasteiger partial charge in [-0.3, -0.25) is 0 Å². The van der Waals surface area contributed by atoms with Crippen LogP contribution in [0.15, 0.2) is 59.5 Å². The molecule has 0 saturated heterocycles. The molecule has 1 unspecified atom stereocenters. The number of phenolic OH excluding ortho intramolecular Hbond substituents is 1. The zero-order valence-electron chi connectivity index (χ0n) is 18.9. The van der Waals surface area contributed by atoms with Gasteiger partial charge in [0.25, 0.3) is 0 Å². The van der Waals surface area contributed by atoms with Gasteiger partial charge in [0.1, 0.15) is 5.75 Å². The lowest BCUT2D eigenvalue weighted by Crippen LogP contribution is -2.24. The Kier molecular flexibility index (Phi) is 6.70. The molecule has 0 spiro atoms. The number of ether oxygens (including phenoxy) is 3. The molecule has 1 N–H and O–H groups in total. The van der Waals surface area contributed by atoms with Gasteiger partial charge in [-0.1, -0.05) is 24.3 Å². The summed E-state index contributed by atoms with van der Waals surface area (Å²) in [6.45, 7) is 3.69. The van der Waals surface area contributed by atoms with Gasteiger partial charge in [-0.2, -0.15) is 0 Å². The fourth-order valence-electron chi connectivity index (χ4n) is 4.18. The van der Waals surface area contributed by atoms with Crippen molar-refractivity contribution in [3.8, 4) is 23.0 Å². The summed E-state index contributed by atoms with van der Waals surface area (Å²) in [5.74, 6) is 1.79. The number of aryl methyl sites for hydroxylation is 1. The van der Waals surface area contributed by atoms with Gasteiger partial charge >= 0.3 is 0 Å². The standard InChI is InChI=1S/C26H29NO4S/c1-17-13-19(9-10-21(17)29-2)24-11-12-27(20-7-5-6-8-25(20)32-24)16-18-14-22(30-3)26(28)23(15-18)31-4/h5-10,13-15,24,28H,11-12,16H2,1-4H3. The monoisotopic (exact) mass is 451 g/mol. The number of methoxy groups -OCH3 is 3. The highest BCUT2D eigenvalue weighted by Crippen LogP contribution is 2.46. The van der Waals surface area contributed by atoms with E-state index in [9.17, 15) is 5.11 Å². The molecule has 0 amide bonds. The van der Waals surface area contributed by atoms with Gasteiger partial charge in [-0.15, -0.1) is 11.8 Å². The van der Waals surface area contributed by atoms with Crippen molar-refractivity contribution < 1.29 is 19.3 Å². The number of fused-ring (bicyclic) bond motifs is 1. The summed E-state index contributed by atoms with van der Waals surface area (Å²) in [6.07, 6.45) is 1.01. The predicted molar refractivity (Wildman–Crippen MR) is 130 cm³/mol. The van der Waals surface area contributed by atoms with Crippen molar-refractivity contribution in [3.05, 3.63) is 71.3 Å². The first-order valence-electron chi connectivity index (χ1n) is 10.6. The Hall–Kier alpha value is -2.99. The van der Waals surface area contributed by atoms with Gasteiger partial charge in [0, 0.05) is 23.2 Å². The van der Waals surface area contributed by atoms with Crippen molar-refractivity contribution >= 4 is 17.4 Å². The van der Waals surface area contributed by atoms with Crippen LogP contribution in [0.1, 0.15) is 28.4 Å². The fourth-order valence-corrected chi connectivity index (χ4v) is 5.47. The number of rotatable bonds is 6. The molecule has 1 aliphatic heterocycles. The van der Waals surface area contributed by atoms with Crippen molar-refractivity contribution in [1.29, 1.82) is 0 Å². The molecule has 168 valence electrons. The van der Waals surface area contributed by atoms with Crippen LogP contribution in [0.5, 0.6) is 23.0 Å². The Morgan fingerprint density at radius 2 is 1.62 bits per heavy atom. The number of para-hydroxylation sites is 1. The Morgan fingerprint density at radius 3 is 2.28 bits per heavy atom. The number of hydrogen-bond donors (Lipinski definition) is 1. The second kappa shape index (κ2) is 9.65. The van der Waals surface area contributed by atoms with Crippen LogP contribution in [0.4, 0.5) is 5.69 Å². The Morgan fingerprint density at radius 1 is 0.938 bits per heavy atom. The zero-order valence-corrected chi connectivity index (χ0v) is 19.7. The molecule has 5 nitrogen and oxygen atoms in total. The molecule has 1 atom stereocenters. The first-order valence-corrected chi connectivity index (χ1v) is 11.5. The van der Waals surface area contributed by atoms with E-state index in [0.29, 0.717) is 23.3 Å². The maximum atomic E-state index is 10.3. The summed E-state index contributed by atoms with van der Waals surface area (Å²) >= 11 is 1.91. The third-order valence-corrected chi connectivity index (χ3v) is 7.23. The Balaban J connectivity index is 1.64. The number of nitrogens with zero attached hydrogens (tertiary/aromatic N) is 1. The van der Waals surface area contributed by atoms with E-state index in [-0.39, 0.29) is 5.75 Å². The average molecular weight is 452 g/mol. The van der Waals surface area contributed by atoms with Gasteiger partial charge in [0.2, 0.25) is 5.75 Å². The van der Waals surface area contributed by atoms with Crippen LogP contribution in [0, 0.1) is 6.92 Å². The van der Waals surface area contributed by atoms with Gasteiger partial charge in [0.15, 0.2) is 11.5 Å². The molecule has 0 bridgehead atoms. The van der Waals surface area contributed by atoms with Crippen molar-refractivity contribution in [1.82, 2.24) is 0 Å². The molecule has 1 aliphatic rings. The lowest BCUT2D eigenvalue weighted by Gasteiger charge is -2.25. The van der Waals surface area contributed by atoms with Gasteiger partial charge in [0.05, 0.1) is 27.0 Å². The lowest BCUT2D eigenvalue weighted by atomic mass is 10.0. The van der Waals surface area contributed by atoms with Crippen molar-refractivity contribution in [3.63, 3.8) is 0 Å². The van der Waals surface area contributed by atoms with E-state index >= 15 is 0 Å². The molecule has 0 aromatic heterocycles. The molecular weight excluding hydrogens is 422 g/mol. The second-order valence-corrected chi connectivity index (χ2v) is 9.11. The number of hydrogen-bond acceptors (Lipinski definition) is 6. The molecule has 32 heavy (non-hydrogen) atoms. The fraction of sp³-hybridized carbons (Fsp3) is 0.308. The highest BCUT2D eigenvalue weighted by Gasteiger charge is 2.24. The van der Waals surface area contributed by atoms with Crippen LogP contribution in [0.25, 0.3) is 0 Å². The first-order chi connectivity index (χ1) is 15.5. The smallest absolute Gasteiger partial charge is 0.200 e. The summed E-state index contributed by atoms with van der Waals surface area (Å²) in [7, 11) is 4.82. The molecule has 0 radical (unpaired) electrons. The quantitative estimate of drug-likeness (QED) is 0.498. The Bertz CT molecular complexity index is 1080. The highest BCUT2D eigenvalue weighted by molar-refractivity contribution is 7.99. The van der Waals surface area contributed by atoms with E-state index < -0.39 is 0 Å². The van der Waals surface area contributed by atoms with Crippen LogP contribution in [0.3, 0.4) is 0 Å². The number of anilines is 1. The minimum Gasteiger partial charge on any atom is -0.502 e. The molecule has 0 aliphatic carbocycles. The van der Waals surface area contributed by atoms with Crippen molar-refractivity contribution in [2.75, 3.05) is 32.8 Å². The van der Waals surface area contributed by atoms with E-state index in [1.807, 2.05) is 23.9 Å². The van der Waals surface area contributed by atoms with Crippen LogP contribution in [0.2, 0.25) is 0 Å². The van der Waals surface area contributed by atoms with Gasteiger partial charge < -0.3 is 24.2 Å². The lowest BCUT2D eigenvalue weighted by molar-refractivity contribution is 0.339. The Labute approximate surface area is 193 Å². The van der Waals surface area contributed by atoms with Crippen molar-refractivity contribution in [2.24, 2.45) is 0 Å².